The molecule has 0 radical (unpaired) electrons. The number of aromatic carboxylic acids is 1. The second kappa shape index (κ2) is 7.68. The smallest absolute Gasteiger partial charge is 0.335 e. The molecule has 1 aliphatic carbocycles. The Morgan fingerprint density at radius 2 is 2.08 bits per heavy atom. The number of carboxylic acid groups (broad SMARTS) is 1. The fraction of sp³-hybridized carbons (Fsp3) is 0.316. The Bertz CT molecular complexity index is 809. The largest absolute Gasteiger partial charge is 0.478 e. The molecule has 25 heavy (non-hydrogen) atoms. The summed E-state index contributed by atoms with van der Waals surface area (Å²) in [5.41, 5.74) is 4.34. The first-order chi connectivity index (χ1) is 12.0. The second-order valence-electron chi connectivity index (χ2n) is 6.12. The maximum Gasteiger partial charge on any atom is 0.335 e. The van der Waals surface area contributed by atoms with Crippen LogP contribution in [-0.4, -0.2) is 21.5 Å². The molecule has 0 bridgehead atoms. The molecule has 1 atom stereocenters. The van der Waals surface area contributed by atoms with Crippen LogP contribution in [0, 0.1) is 0 Å². The molecule has 4 nitrogen and oxygen atoms in total. The van der Waals surface area contributed by atoms with Gasteiger partial charge in [0.2, 0.25) is 17.1 Å². The number of hydrogen-bond donors (Lipinski definition) is 3. The molecule has 0 aliphatic heterocycles. The lowest BCUT2D eigenvalue weighted by molar-refractivity contribution is 0.0696. The molecule has 0 saturated carbocycles. The summed E-state index contributed by atoms with van der Waals surface area (Å²) in [6, 6.07) is 9.13. The third-order valence-corrected chi connectivity index (χ3v) is 6.16. The summed E-state index contributed by atoms with van der Waals surface area (Å²) in [4.78, 5) is 12.1. The Morgan fingerprint density at radius 1 is 1.28 bits per heavy atom. The number of rotatable bonds is 6. The zero-order chi connectivity index (χ0) is 18.0. The number of carbonyl (C=O) groups is 1. The normalized spacial score (nSPS) is 14.2. The van der Waals surface area contributed by atoms with Gasteiger partial charge in [0, 0.05) is 22.3 Å². The number of carboxylic acids is 1. The number of halogens is 1. The summed E-state index contributed by atoms with van der Waals surface area (Å²) in [6.07, 6.45) is 3.65. The van der Waals surface area contributed by atoms with Crippen LogP contribution >= 0.6 is 11.6 Å². The third-order valence-electron chi connectivity index (χ3n) is 4.52. The molecule has 132 valence electrons. The number of anilines is 1. The lowest BCUT2D eigenvalue weighted by atomic mass is 10.1. The van der Waals surface area contributed by atoms with Gasteiger partial charge in [-0.1, -0.05) is 24.6 Å². The van der Waals surface area contributed by atoms with Crippen LogP contribution in [0.25, 0.3) is 0 Å². The molecule has 3 N–H and O–H groups in total. The Labute approximate surface area is 155 Å². The molecule has 0 aromatic heterocycles. The van der Waals surface area contributed by atoms with Crippen molar-refractivity contribution in [1.29, 1.82) is 0 Å². The fourth-order valence-electron chi connectivity index (χ4n) is 3.17. The van der Waals surface area contributed by atoms with Gasteiger partial charge < -0.3 is 10.4 Å². The quantitative estimate of drug-likeness (QED) is 0.642. The molecule has 2 aromatic rings. The van der Waals surface area contributed by atoms with Gasteiger partial charge in [0.05, 0.1) is 5.56 Å². The number of fused-ring (bicyclic) bond motifs is 1. The number of aryl methyl sites for hydroxylation is 2. The first-order valence-electron chi connectivity index (χ1n) is 8.31. The Balaban J connectivity index is 1.78. The average Bonchev–Trinajstić information content (AvgIpc) is 3.07. The van der Waals surface area contributed by atoms with Crippen LogP contribution in [0.3, 0.4) is 0 Å². The monoisotopic (exact) mass is 378 g/mol. The van der Waals surface area contributed by atoms with Crippen molar-refractivity contribution in [2.45, 2.75) is 37.5 Å². The van der Waals surface area contributed by atoms with E-state index >= 15 is 0 Å². The van der Waals surface area contributed by atoms with Crippen molar-refractivity contribution in [3.63, 3.8) is 0 Å². The van der Waals surface area contributed by atoms with Crippen molar-refractivity contribution in [2.24, 2.45) is 0 Å². The standard InChI is InChI=1S/C19H20ClNO3S/c1-2-12-6-7-15(10-17(12)20)21-11-25(24)18-9-14(19(22)23)8-13-4-3-5-16(13)18/h6-10,21,24H,2-5,11H2,1H3/p+1. The van der Waals surface area contributed by atoms with Crippen LogP contribution in [-0.2, 0) is 30.4 Å². The molecular weight excluding hydrogens is 358 g/mol. The van der Waals surface area contributed by atoms with Gasteiger partial charge in [-0.15, -0.1) is 0 Å². The maximum absolute atomic E-state index is 11.3. The molecule has 1 unspecified atom stereocenters. The summed E-state index contributed by atoms with van der Waals surface area (Å²) in [7, 11) is 0. The molecule has 6 heteroatoms. The van der Waals surface area contributed by atoms with Crippen LogP contribution in [0.15, 0.2) is 35.2 Å². The van der Waals surface area contributed by atoms with Crippen molar-refractivity contribution in [3.05, 3.63) is 57.6 Å². The fourth-order valence-corrected chi connectivity index (χ4v) is 4.73. The van der Waals surface area contributed by atoms with Crippen molar-refractivity contribution >= 4 is 34.4 Å². The first-order valence-corrected chi connectivity index (χ1v) is 10.0. The van der Waals surface area contributed by atoms with E-state index in [0.29, 0.717) is 10.9 Å². The molecule has 0 fully saturated rings. The van der Waals surface area contributed by atoms with Gasteiger partial charge in [-0.3, -0.25) is 0 Å². The zero-order valence-electron chi connectivity index (χ0n) is 14.0. The Morgan fingerprint density at radius 3 is 2.76 bits per heavy atom. The first kappa shape index (κ1) is 18.1. The van der Waals surface area contributed by atoms with Crippen LogP contribution in [0.4, 0.5) is 5.69 Å². The van der Waals surface area contributed by atoms with Crippen molar-refractivity contribution < 1.29 is 14.5 Å². The lowest BCUT2D eigenvalue weighted by Crippen LogP contribution is -2.17. The minimum atomic E-state index is -1.07. The highest BCUT2D eigenvalue weighted by Crippen LogP contribution is 2.31. The van der Waals surface area contributed by atoms with E-state index in [1.54, 1.807) is 12.1 Å². The highest BCUT2D eigenvalue weighted by Gasteiger charge is 2.30. The second-order valence-corrected chi connectivity index (χ2v) is 7.98. The Hall–Kier alpha value is -1.69. The predicted molar refractivity (Wildman–Crippen MR) is 103 cm³/mol. The minimum Gasteiger partial charge on any atom is -0.478 e. The van der Waals surface area contributed by atoms with E-state index in [2.05, 4.69) is 12.2 Å². The molecule has 2 aromatic carbocycles. The summed E-state index contributed by atoms with van der Waals surface area (Å²) in [5.74, 6) is -0.625. The van der Waals surface area contributed by atoms with Crippen LogP contribution in [0.5, 0.6) is 0 Å². The highest BCUT2D eigenvalue weighted by atomic mass is 35.5. The van der Waals surface area contributed by atoms with E-state index in [9.17, 15) is 14.5 Å². The van der Waals surface area contributed by atoms with E-state index in [0.717, 1.165) is 53.0 Å². The molecule has 1 aliphatic rings. The average molecular weight is 379 g/mol. The van der Waals surface area contributed by atoms with Crippen molar-refractivity contribution in [3.8, 4) is 0 Å². The van der Waals surface area contributed by atoms with Gasteiger partial charge in [-0.2, -0.15) is 4.55 Å². The SMILES string of the molecule is CCc1ccc(NC[S+](O)c2cc(C(=O)O)cc3c2CCC3)cc1Cl. The number of benzene rings is 2. The van der Waals surface area contributed by atoms with Gasteiger partial charge in [0.25, 0.3) is 0 Å². The zero-order valence-corrected chi connectivity index (χ0v) is 15.6. The topological polar surface area (TPSA) is 69.6 Å². The number of nitrogens with one attached hydrogen (secondary N) is 1. The lowest BCUT2D eigenvalue weighted by Gasteiger charge is -2.10. The third kappa shape index (κ3) is 3.94. The van der Waals surface area contributed by atoms with E-state index in [4.69, 9.17) is 11.6 Å². The summed E-state index contributed by atoms with van der Waals surface area (Å²) < 4.78 is 10.7. The van der Waals surface area contributed by atoms with Gasteiger partial charge in [-0.05, 0) is 55.0 Å². The molecule has 0 heterocycles. The Kier molecular flexibility index (Phi) is 5.57. The number of hydrogen-bond acceptors (Lipinski definition) is 3. The van der Waals surface area contributed by atoms with E-state index in [-0.39, 0.29) is 5.56 Å². The molecular formula is C19H21ClNO3S+. The van der Waals surface area contributed by atoms with E-state index < -0.39 is 17.1 Å². The summed E-state index contributed by atoms with van der Waals surface area (Å²) in [6.45, 7) is 2.05. The molecule has 3 rings (SSSR count). The van der Waals surface area contributed by atoms with Crippen molar-refractivity contribution in [2.75, 3.05) is 11.2 Å². The van der Waals surface area contributed by atoms with E-state index in [1.807, 2.05) is 18.2 Å². The summed E-state index contributed by atoms with van der Waals surface area (Å²) in [5, 5.41) is 13.2. The van der Waals surface area contributed by atoms with Gasteiger partial charge >= 0.3 is 5.97 Å². The van der Waals surface area contributed by atoms with Gasteiger partial charge in [-0.25, -0.2) is 4.79 Å². The molecule has 0 saturated heterocycles. The predicted octanol–water partition coefficient (Wildman–Crippen LogP) is 4.61. The van der Waals surface area contributed by atoms with Crippen LogP contribution in [0.1, 0.15) is 40.4 Å². The highest BCUT2D eigenvalue weighted by molar-refractivity contribution is 7.91. The van der Waals surface area contributed by atoms with Gasteiger partial charge in [0.1, 0.15) is 0 Å². The maximum atomic E-state index is 11.3. The molecule has 0 spiro atoms. The minimum absolute atomic E-state index is 0.248. The van der Waals surface area contributed by atoms with Crippen molar-refractivity contribution in [1.82, 2.24) is 0 Å². The summed E-state index contributed by atoms with van der Waals surface area (Å²) >= 11 is 5.15. The van der Waals surface area contributed by atoms with Crippen LogP contribution in [0.2, 0.25) is 5.02 Å². The molecule has 0 amide bonds. The van der Waals surface area contributed by atoms with Crippen LogP contribution < -0.4 is 5.32 Å². The van der Waals surface area contributed by atoms with Gasteiger partial charge in [0.15, 0.2) is 4.90 Å². The van der Waals surface area contributed by atoms with E-state index in [1.165, 1.54) is 0 Å².